The molecule has 0 unspecified atom stereocenters. The molecule has 1 fully saturated rings. The van der Waals surface area contributed by atoms with Gasteiger partial charge in [-0.2, -0.15) is 0 Å². The molecule has 2 aromatic rings. The van der Waals surface area contributed by atoms with Crippen LogP contribution in [0.15, 0.2) is 47.4 Å². The molecule has 0 spiro atoms. The second kappa shape index (κ2) is 10.8. The highest BCUT2D eigenvalue weighted by molar-refractivity contribution is 8.01. The van der Waals surface area contributed by atoms with Crippen LogP contribution in [0.1, 0.15) is 25.7 Å². The molecule has 2 aliphatic heterocycles. The number of para-hydroxylation sites is 1. The predicted octanol–water partition coefficient (Wildman–Crippen LogP) is 3.55. The summed E-state index contributed by atoms with van der Waals surface area (Å²) in [6.45, 7) is 1.14. The van der Waals surface area contributed by atoms with E-state index >= 15 is 0 Å². The van der Waals surface area contributed by atoms with Crippen molar-refractivity contribution < 1.29 is 23.9 Å². The number of anilines is 2. The van der Waals surface area contributed by atoms with E-state index in [1.54, 1.807) is 29.2 Å². The summed E-state index contributed by atoms with van der Waals surface area (Å²) >= 11 is 1.27. The highest BCUT2D eigenvalue weighted by atomic mass is 32.2. The number of benzene rings is 2. The average Bonchev–Trinajstić information content (AvgIpc) is 3.15. The Morgan fingerprint density at radius 2 is 1.71 bits per heavy atom. The van der Waals surface area contributed by atoms with Crippen LogP contribution in [0.5, 0.6) is 11.5 Å². The van der Waals surface area contributed by atoms with E-state index in [2.05, 4.69) is 5.32 Å². The molecule has 1 atom stereocenters. The molecular formula is C25H29N3O5S. The molecule has 2 aromatic carbocycles. The van der Waals surface area contributed by atoms with Gasteiger partial charge in [0.1, 0.15) is 6.54 Å². The Morgan fingerprint density at radius 1 is 1.00 bits per heavy atom. The van der Waals surface area contributed by atoms with Crippen molar-refractivity contribution in [2.75, 3.05) is 44.1 Å². The van der Waals surface area contributed by atoms with Crippen molar-refractivity contribution in [3.63, 3.8) is 0 Å². The van der Waals surface area contributed by atoms with Crippen LogP contribution in [-0.2, 0) is 14.4 Å². The van der Waals surface area contributed by atoms with Gasteiger partial charge in [-0.1, -0.05) is 25.0 Å². The van der Waals surface area contributed by atoms with Gasteiger partial charge in [0.15, 0.2) is 16.7 Å². The molecule has 180 valence electrons. The van der Waals surface area contributed by atoms with E-state index in [9.17, 15) is 14.4 Å². The van der Waals surface area contributed by atoms with E-state index < -0.39 is 5.25 Å². The van der Waals surface area contributed by atoms with E-state index in [0.29, 0.717) is 36.0 Å². The van der Waals surface area contributed by atoms with Crippen LogP contribution in [0, 0.1) is 0 Å². The number of hydrogen-bond acceptors (Lipinski definition) is 6. The third-order valence-corrected chi connectivity index (χ3v) is 7.24. The summed E-state index contributed by atoms with van der Waals surface area (Å²) < 4.78 is 10.5. The highest BCUT2D eigenvalue weighted by Gasteiger charge is 2.40. The lowest BCUT2D eigenvalue weighted by Crippen LogP contribution is -2.51. The van der Waals surface area contributed by atoms with Crippen molar-refractivity contribution in [1.29, 1.82) is 0 Å². The highest BCUT2D eigenvalue weighted by Crippen LogP contribution is 2.40. The topological polar surface area (TPSA) is 88.2 Å². The van der Waals surface area contributed by atoms with Crippen LogP contribution in [0.4, 0.5) is 11.4 Å². The van der Waals surface area contributed by atoms with Crippen LogP contribution in [0.25, 0.3) is 0 Å². The lowest BCUT2D eigenvalue weighted by atomic mass is 10.2. The molecule has 8 nitrogen and oxygen atoms in total. The Morgan fingerprint density at radius 3 is 2.41 bits per heavy atom. The van der Waals surface area contributed by atoms with Crippen molar-refractivity contribution in [1.82, 2.24) is 4.90 Å². The number of methoxy groups -OCH3 is 2. The van der Waals surface area contributed by atoms with Gasteiger partial charge in [-0.3, -0.25) is 14.4 Å². The van der Waals surface area contributed by atoms with Gasteiger partial charge < -0.3 is 24.6 Å². The van der Waals surface area contributed by atoms with Gasteiger partial charge >= 0.3 is 0 Å². The van der Waals surface area contributed by atoms with Gasteiger partial charge in [-0.05, 0) is 37.1 Å². The molecular weight excluding hydrogens is 454 g/mol. The average molecular weight is 484 g/mol. The molecule has 0 bridgehead atoms. The number of hydrogen-bond donors (Lipinski definition) is 1. The Hall–Kier alpha value is -3.20. The number of carbonyl (C=O) groups is 3. The summed E-state index contributed by atoms with van der Waals surface area (Å²) in [5, 5.41) is 1.92. The minimum atomic E-state index is -0.887. The fourth-order valence-electron chi connectivity index (χ4n) is 4.25. The minimum absolute atomic E-state index is 0.170. The normalized spacial score (nSPS) is 18.1. The summed E-state index contributed by atoms with van der Waals surface area (Å²) in [6, 6.07) is 12.4. The fraction of sp³-hybridized carbons (Fsp3) is 0.400. The fourth-order valence-corrected chi connectivity index (χ4v) is 5.44. The molecule has 0 radical (unpaired) electrons. The van der Waals surface area contributed by atoms with Gasteiger partial charge in [-0.15, -0.1) is 11.8 Å². The first-order valence-corrected chi connectivity index (χ1v) is 12.3. The van der Waals surface area contributed by atoms with Gasteiger partial charge in [0.25, 0.3) is 5.91 Å². The zero-order valence-electron chi connectivity index (χ0n) is 19.4. The van der Waals surface area contributed by atoms with E-state index in [-0.39, 0.29) is 24.3 Å². The molecule has 0 aromatic heterocycles. The number of fused-ring (bicyclic) bond motifs is 1. The third kappa shape index (κ3) is 5.14. The maximum absolute atomic E-state index is 13.5. The third-order valence-electron chi connectivity index (χ3n) is 6.00. The number of ether oxygens (including phenoxy) is 2. The smallest absolute Gasteiger partial charge is 0.250 e. The van der Waals surface area contributed by atoms with Crippen molar-refractivity contribution in [2.45, 2.75) is 35.8 Å². The summed E-state index contributed by atoms with van der Waals surface area (Å²) in [6.07, 6.45) is 4.10. The lowest BCUT2D eigenvalue weighted by molar-refractivity contribution is -0.135. The molecule has 34 heavy (non-hydrogen) atoms. The van der Waals surface area contributed by atoms with Crippen LogP contribution >= 0.6 is 11.8 Å². The second-order valence-electron chi connectivity index (χ2n) is 8.25. The Bertz CT molecular complexity index is 1070. The number of likely N-dealkylation sites (tertiary alicyclic amines) is 1. The molecule has 3 amide bonds. The lowest BCUT2D eigenvalue weighted by Gasteiger charge is -2.34. The zero-order valence-corrected chi connectivity index (χ0v) is 20.2. The monoisotopic (exact) mass is 483 g/mol. The number of rotatable bonds is 6. The van der Waals surface area contributed by atoms with Crippen molar-refractivity contribution in [2.24, 2.45) is 0 Å². The van der Waals surface area contributed by atoms with E-state index in [4.69, 9.17) is 9.47 Å². The standard InChI is InChI=1S/C25H29N3O5S/c1-32-19-12-11-17(15-20(19)33-2)26-22(29)16-28-18-9-5-6-10-21(18)34-23(25(28)31)24(30)27-13-7-3-4-8-14-27/h5-6,9-12,15,23H,3-4,7-8,13-14,16H2,1-2H3,(H,26,29)/t23-/m1/s1. The molecule has 4 rings (SSSR count). The maximum Gasteiger partial charge on any atom is 0.250 e. The molecule has 0 aliphatic carbocycles. The van der Waals surface area contributed by atoms with Gasteiger partial charge in [-0.25, -0.2) is 0 Å². The summed E-state index contributed by atoms with van der Waals surface area (Å²) in [7, 11) is 3.06. The first kappa shape index (κ1) is 23.9. The number of nitrogens with zero attached hydrogens (tertiary/aromatic N) is 2. The van der Waals surface area contributed by atoms with Crippen LogP contribution in [-0.4, -0.2) is 61.7 Å². The summed E-state index contributed by atoms with van der Waals surface area (Å²) in [4.78, 5) is 43.8. The summed E-state index contributed by atoms with van der Waals surface area (Å²) in [5.41, 5.74) is 1.16. The molecule has 0 saturated carbocycles. The first-order chi connectivity index (χ1) is 16.5. The SMILES string of the molecule is COc1ccc(NC(=O)CN2C(=O)[C@@H](C(=O)N3CCCCCC3)Sc3ccccc32)cc1OC. The van der Waals surface area contributed by atoms with Crippen molar-refractivity contribution in [3.8, 4) is 11.5 Å². The Kier molecular flexibility index (Phi) is 7.62. The van der Waals surface area contributed by atoms with Gasteiger partial charge in [0.2, 0.25) is 11.8 Å². The maximum atomic E-state index is 13.5. The first-order valence-electron chi connectivity index (χ1n) is 11.4. The quantitative estimate of drug-likeness (QED) is 0.633. The van der Waals surface area contributed by atoms with Crippen LogP contribution < -0.4 is 19.7 Å². The molecule has 2 aliphatic rings. The van der Waals surface area contributed by atoms with E-state index in [1.807, 2.05) is 18.2 Å². The Balaban J connectivity index is 1.53. The van der Waals surface area contributed by atoms with Gasteiger partial charge in [0, 0.05) is 29.7 Å². The Labute approximate surface area is 203 Å². The number of nitrogens with one attached hydrogen (secondary N) is 1. The molecule has 1 N–H and O–H groups in total. The summed E-state index contributed by atoms with van der Waals surface area (Å²) in [5.74, 6) is 0.132. The minimum Gasteiger partial charge on any atom is -0.493 e. The molecule has 2 heterocycles. The van der Waals surface area contributed by atoms with Crippen LogP contribution in [0.2, 0.25) is 0 Å². The predicted molar refractivity (Wildman–Crippen MR) is 132 cm³/mol. The second-order valence-corrected chi connectivity index (χ2v) is 9.39. The number of amides is 3. The molecule has 9 heteroatoms. The van der Waals surface area contributed by atoms with Gasteiger partial charge in [0.05, 0.1) is 19.9 Å². The van der Waals surface area contributed by atoms with Crippen LogP contribution in [0.3, 0.4) is 0 Å². The number of thioether (sulfide) groups is 1. The zero-order chi connectivity index (χ0) is 24.1. The largest absolute Gasteiger partial charge is 0.493 e. The van der Waals surface area contributed by atoms with Crippen molar-refractivity contribution in [3.05, 3.63) is 42.5 Å². The van der Waals surface area contributed by atoms with Crippen molar-refractivity contribution >= 4 is 40.9 Å². The van der Waals surface area contributed by atoms with E-state index in [1.165, 1.54) is 30.9 Å². The van der Waals surface area contributed by atoms with E-state index in [0.717, 1.165) is 30.6 Å². The molecule has 1 saturated heterocycles. The number of carbonyl (C=O) groups excluding carboxylic acids is 3.